The molecule has 6 heavy (non-hydrogen) atoms. The summed E-state index contributed by atoms with van der Waals surface area (Å²) in [6, 6.07) is 0. The van der Waals surface area contributed by atoms with Gasteiger partial charge in [0.1, 0.15) is 0 Å². The van der Waals surface area contributed by atoms with Crippen molar-refractivity contribution in [3.05, 3.63) is 0 Å². The molecule has 0 N–H and O–H groups in total. The summed E-state index contributed by atoms with van der Waals surface area (Å²) < 4.78 is 21.7. The van der Waals surface area contributed by atoms with E-state index in [0.717, 1.165) is 0 Å². The van der Waals surface area contributed by atoms with Crippen LogP contribution in [0.3, 0.4) is 0 Å². The Morgan fingerprint density at radius 3 is 2.00 bits per heavy atom. The molecule has 5 heteroatoms. The van der Waals surface area contributed by atoms with Gasteiger partial charge in [0, 0.05) is 0 Å². The maximum atomic E-state index is 10.9. The molecule has 0 saturated carbocycles. The van der Waals surface area contributed by atoms with Crippen molar-refractivity contribution in [1.82, 2.24) is 0 Å². The molecule has 0 aromatic heterocycles. The first kappa shape index (κ1) is 6.10. The highest BCUT2D eigenvalue weighted by Crippen LogP contribution is 1.87. The molecule has 0 aliphatic rings. The Morgan fingerprint density at radius 1 is 1.83 bits per heavy atom. The molecular weight excluding hydrogens is 130 g/mol. The number of carbonyl (C=O) groups is 1. The van der Waals surface area contributed by atoms with Gasteiger partial charge in [0.05, 0.1) is 0 Å². The van der Waals surface area contributed by atoms with Crippen LogP contribution in [0.2, 0.25) is 0 Å². The molecule has 0 bridgehead atoms. The Balaban J connectivity index is 3.57. The van der Waals surface area contributed by atoms with E-state index in [1.165, 1.54) is 0 Å². The zero-order valence-electron chi connectivity index (χ0n) is 2.48. The first-order valence-corrected chi connectivity index (χ1v) is 2.97. The van der Waals surface area contributed by atoms with Gasteiger partial charge in [-0.15, -0.1) is 4.39 Å². The summed E-state index contributed by atoms with van der Waals surface area (Å²) in [4.78, 5) is 9.01. The van der Waals surface area contributed by atoms with E-state index >= 15 is 0 Å². The molecule has 1 unspecified atom stereocenters. The molecule has 36 valence electrons. The van der Waals surface area contributed by atoms with Gasteiger partial charge in [-0.1, -0.05) is 0 Å². The van der Waals surface area contributed by atoms with Crippen LogP contribution in [0.5, 0.6) is 0 Å². The average Bonchev–Trinajstić information content (AvgIpc) is 1.36. The lowest BCUT2D eigenvalue weighted by atomic mass is 11.7. The van der Waals surface area contributed by atoms with Gasteiger partial charge in [0.25, 0.3) is 0 Å². The van der Waals surface area contributed by atoms with Gasteiger partial charge in [-0.25, -0.2) is 4.79 Å². The molecule has 0 fully saturated rings. The summed E-state index contributed by atoms with van der Waals surface area (Å²) in [5.74, 6) is 0. The zero-order valence-corrected chi connectivity index (χ0v) is 4.11. The minimum absolute atomic E-state index is 2.06. The van der Waals surface area contributed by atoms with Crippen LogP contribution in [0.15, 0.2) is 0 Å². The van der Waals surface area contributed by atoms with Crippen LogP contribution >= 0.6 is 0 Å². The van der Waals surface area contributed by atoms with E-state index in [4.69, 9.17) is 4.79 Å². The topological polar surface area (TPSA) is 17.1 Å². The number of carbonyl (C=O) groups excluding carboxylic acids is 1. The van der Waals surface area contributed by atoms with Gasteiger partial charge in [-0.3, -0.25) is 0 Å². The molecule has 0 aliphatic heterocycles. The minimum Gasteiger partial charge on any atom is -0.245 e. The Labute approximate surface area is 40.2 Å². The van der Waals surface area contributed by atoms with Crippen molar-refractivity contribution in [2.45, 2.75) is 0 Å². The van der Waals surface area contributed by atoms with E-state index in [0.29, 0.717) is 0 Å². The number of rotatable bonds is 0. The minimum atomic E-state index is -2.59. The van der Waals surface area contributed by atoms with Gasteiger partial charge in [0.2, 0.25) is 0 Å². The molecule has 0 saturated heterocycles. The summed E-state index contributed by atoms with van der Waals surface area (Å²) >= 11 is 3.54. The lowest BCUT2D eigenvalue weighted by Gasteiger charge is -1.70. The third-order valence-electron chi connectivity index (χ3n) is 0.126. The van der Waals surface area contributed by atoms with Gasteiger partial charge in [-0.05, 0) is 11.2 Å². The maximum absolute atomic E-state index is 10.9. The second-order valence-electron chi connectivity index (χ2n) is 0.461. The van der Waals surface area contributed by atoms with Crippen LogP contribution < -0.4 is 0 Å². The number of hydrogen-bond acceptors (Lipinski definition) is 2. The molecule has 0 aromatic rings. The monoisotopic (exact) mass is 130 g/mol. The normalized spacial score (nSPS) is 13.7. The first-order valence-electron chi connectivity index (χ1n) is 0.918. The van der Waals surface area contributed by atoms with E-state index < -0.39 is 15.2 Å². The van der Waals surface area contributed by atoms with Crippen LogP contribution in [0, 0.1) is 0 Å². The molecule has 0 aromatic carbocycles. The molecular formula is CF2OS2. The predicted molar refractivity (Wildman–Crippen MR) is 22.3 cm³/mol. The van der Waals surface area contributed by atoms with Gasteiger partial charge in [-0.2, -0.15) is 3.89 Å². The van der Waals surface area contributed by atoms with Crippen molar-refractivity contribution in [3.8, 4) is 0 Å². The van der Waals surface area contributed by atoms with Crippen LogP contribution in [-0.2, 0) is 21.0 Å². The number of hydrogen-bond donors (Lipinski definition) is 0. The molecule has 1 atom stereocenters. The second-order valence-corrected chi connectivity index (χ2v) is 2.11. The second kappa shape index (κ2) is 2.30. The number of halogens is 2. The van der Waals surface area contributed by atoms with Crippen LogP contribution in [0.1, 0.15) is 0 Å². The lowest BCUT2D eigenvalue weighted by molar-refractivity contribution is 0.244. The van der Waals surface area contributed by atoms with Crippen molar-refractivity contribution in [3.63, 3.8) is 0 Å². The van der Waals surface area contributed by atoms with Crippen molar-refractivity contribution in [2.75, 3.05) is 0 Å². The Hall–Kier alpha value is 0.1000. The van der Waals surface area contributed by atoms with Gasteiger partial charge in [0.15, 0.2) is 9.84 Å². The maximum Gasteiger partial charge on any atom is 0.393 e. The summed E-state index contributed by atoms with van der Waals surface area (Å²) in [7, 11) is -2.59. The van der Waals surface area contributed by atoms with E-state index in [1.807, 2.05) is 0 Å². The highest BCUT2D eigenvalue weighted by Gasteiger charge is 1.99. The molecule has 0 heterocycles. The van der Waals surface area contributed by atoms with Crippen LogP contribution in [0.25, 0.3) is 0 Å². The Bertz CT molecular complexity index is 77.5. The van der Waals surface area contributed by atoms with E-state index in [2.05, 4.69) is 11.2 Å². The van der Waals surface area contributed by atoms with Gasteiger partial charge >= 0.3 is 5.37 Å². The fourth-order valence-corrected chi connectivity index (χ4v) is 0. The van der Waals surface area contributed by atoms with Crippen molar-refractivity contribution in [1.29, 1.82) is 0 Å². The lowest BCUT2D eigenvalue weighted by Crippen LogP contribution is -1.83. The van der Waals surface area contributed by atoms with Crippen molar-refractivity contribution < 1.29 is 13.1 Å². The fraction of sp³-hybridized carbons (Fsp3) is 0. The Morgan fingerprint density at radius 2 is 2.00 bits per heavy atom. The fourth-order valence-electron chi connectivity index (χ4n) is 0. The molecule has 0 aliphatic carbocycles. The first-order chi connectivity index (χ1) is 2.64. The van der Waals surface area contributed by atoms with Crippen molar-refractivity contribution in [2.24, 2.45) is 0 Å². The standard InChI is InChI=1S/CF2OS2/c2-1(4)6(3)5. The molecule has 0 amide bonds. The van der Waals surface area contributed by atoms with Gasteiger partial charge < -0.3 is 0 Å². The average molecular weight is 130 g/mol. The highest BCUT2D eigenvalue weighted by molar-refractivity contribution is 8.34. The van der Waals surface area contributed by atoms with Crippen LogP contribution in [0.4, 0.5) is 13.1 Å². The van der Waals surface area contributed by atoms with Crippen molar-refractivity contribution >= 4 is 26.4 Å². The summed E-state index contributed by atoms with van der Waals surface area (Å²) in [5.41, 5.74) is 0. The third-order valence-corrected chi connectivity index (χ3v) is 0.772. The molecule has 0 rings (SSSR count). The molecule has 0 radical (unpaired) electrons. The largest absolute Gasteiger partial charge is 0.393 e. The van der Waals surface area contributed by atoms with Crippen LogP contribution in [-0.4, -0.2) is 5.37 Å². The smallest absolute Gasteiger partial charge is 0.245 e. The highest BCUT2D eigenvalue weighted by atomic mass is 32.8. The molecule has 0 spiro atoms. The summed E-state index contributed by atoms with van der Waals surface area (Å²) in [6.45, 7) is 0. The van der Waals surface area contributed by atoms with E-state index in [9.17, 15) is 8.28 Å². The SMILES string of the molecule is O=C(F)S(F)=S. The summed E-state index contributed by atoms with van der Waals surface area (Å²) in [5, 5.41) is -2.06. The third kappa shape index (κ3) is 2.34. The molecule has 1 nitrogen and oxygen atoms in total. The quantitative estimate of drug-likeness (QED) is 0.456. The summed E-state index contributed by atoms with van der Waals surface area (Å²) in [6.07, 6.45) is 0. The zero-order chi connectivity index (χ0) is 5.15. The Kier molecular flexibility index (Phi) is 2.34. The van der Waals surface area contributed by atoms with E-state index in [1.54, 1.807) is 0 Å². The van der Waals surface area contributed by atoms with E-state index in [-0.39, 0.29) is 0 Å². The predicted octanol–water partition coefficient (Wildman–Crippen LogP) is 1.04.